The van der Waals surface area contributed by atoms with Crippen LogP contribution in [0, 0.1) is 11.6 Å². The Hall–Kier alpha value is -2.14. The van der Waals surface area contributed by atoms with Crippen LogP contribution in [0.5, 0.6) is 0 Å². The first-order chi connectivity index (χ1) is 9.47. The van der Waals surface area contributed by atoms with Crippen molar-refractivity contribution in [2.75, 3.05) is 5.73 Å². The fraction of sp³-hybridized carbons (Fsp3) is 0.0714. The van der Waals surface area contributed by atoms with E-state index in [1.165, 1.54) is 12.1 Å². The molecule has 3 aromatic rings. The van der Waals surface area contributed by atoms with Crippen LogP contribution in [-0.2, 0) is 7.05 Å². The second kappa shape index (κ2) is 4.45. The highest BCUT2D eigenvalue weighted by Crippen LogP contribution is 2.34. The molecule has 0 saturated heterocycles. The number of anilines is 1. The lowest BCUT2D eigenvalue weighted by Crippen LogP contribution is -1.96. The van der Waals surface area contributed by atoms with E-state index in [2.05, 4.69) is 5.10 Å². The van der Waals surface area contributed by atoms with Gasteiger partial charge in [0.1, 0.15) is 22.8 Å². The third-order valence-corrected chi connectivity index (χ3v) is 3.44. The first-order valence-corrected chi connectivity index (χ1v) is 6.22. The molecule has 0 aliphatic heterocycles. The summed E-state index contributed by atoms with van der Waals surface area (Å²) in [6, 6.07) is 5.76. The van der Waals surface area contributed by atoms with Crippen LogP contribution in [0.2, 0.25) is 5.02 Å². The van der Waals surface area contributed by atoms with Crippen molar-refractivity contribution in [3.05, 3.63) is 47.1 Å². The Morgan fingerprint density at radius 1 is 1.20 bits per heavy atom. The Morgan fingerprint density at radius 2 is 1.85 bits per heavy atom. The van der Waals surface area contributed by atoms with Crippen LogP contribution < -0.4 is 5.73 Å². The van der Waals surface area contributed by atoms with E-state index in [0.717, 1.165) is 5.39 Å². The third-order valence-electron chi connectivity index (χ3n) is 3.13. The minimum Gasteiger partial charge on any atom is -0.394 e. The Kier molecular flexibility index (Phi) is 2.87. The van der Waals surface area contributed by atoms with Gasteiger partial charge in [-0.25, -0.2) is 8.78 Å². The molecule has 2 aromatic carbocycles. The molecule has 2 N–H and O–H groups in total. The standard InChI is InChI=1S/C14H10ClF2N3/c1-20-6-9-8(2-3-10(15)14(9)19-20)7-4-11(16)13(18)12(17)5-7/h2-6H,18H2,1H3. The van der Waals surface area contributed by atoms with E-state index in [0.29, 0.717) is 21.7 Å². The van der Waals surface area contributed by atoms with Gasteiger partial charge in [0.05, 0.1) is 5.02 Å². The molecule has 0 aliphatic carbocycles. The summed E-state index contributed by atoms with van der Waals surface area (Å²) in [5.74, 6) is -1.57. The Balaban J connectivity index is 2.32. The lowest BCUT2D eigenvalue weighted by Gasteiger charge is -2.07. The number of halogens is 3. The largest absolute Gasteiger partial charge is 0.394 e. The highest BCUT2D eigenvalue weighted by molar-refractivity contribution is 6.35. The number of fused-ring (bicyclic) bond motifs is 1. The average Bonchev–Trinajstić information content (AvgIpc) is 2.78. The van der Waals surface area contributed by atoms with E-state index in [4.69, 9.17) is 17.3 Å². The van der Waals surface area contributed by atoms with Crippen LogP contribution in [-0.4, -0.2) is 9.78 Å². The van der Waals surface area contributed by atoms with Gasteiger partial charge in [-0.05, 0) is 29.3 Å². The number of nitrogen functional groups attached to an aromatic ring is 1. The molecule has 3 nitrogen and oxygen atoms in total. The molecule has 0 fully saturated rings. The van der Waals surface area contributed by atoms with Crippen molar-refractivity contribution >= 4 is 28.2 Å². The van der Waals surface area contributed by atoms with E-state index in [-0.39, 0.29) is 0 Å². The van der Waals surface area contributed by atoms with Crippen LogP contribution >= 0.6 is 11.6 Å². The van der Waals surface area contributed by atoms with Gasteiger partial charge >= 0.3 is 0 Å². The number of aromatic nitrogens is 2. The van der Waals surface area contributed by atoms with Crippen LogP contribution in [0.15, 0.2) is 30.5 Å². The van der Waals surface area contributed by atoms with Crippen LogP contribution in [0.1, 0.15) is 0 Å². The molecule has 0 aliphatic rings. The Morgan fingerprint density at radius 3 is 2.50 bits per heavy atom. The smallest absolute Gasteiger partial charge is 0.149 e. The quantitative estimate of drug-likeness (QED) is 0.694. The number of nitrogens with zero attached hydrogens (tertiary/aromatic N) is 2. The second-order valence-corrected chi connectivity index (χ2v) is 4.92. The lowest BCUT2D eigenvalue weighted by molar-refractivity contribution is 0.592. The molecule has 1 aromatic heterocycles. The molecule has 1 heterocycles. The molecule has 20 heavy (non-hydrogen) atoms. The zero-order valence-electron chi connectivity index (χ0n) is 10.5. The highest BCUT2D eigenvalue weighted by atomic mass is 35.5. The minimum absolute atomic E-state index is 0.392. The van der Waals surface area contributed by atoms with E-state index in [1.54, 1.807) is 30.1 Å². The lowest BCUT2D eigenvalue weighted by atomic mass is 10.0. The van der Waals surface area contributed by atoms with Gasteiger partial charge in [-0.15, -0.1) is 0 Å². The van der Waals surface area contributed by atoms with E-state index in [1.807, 2.05) is 0 Å². The molecule has 6 heteroatoms. The van der Waals surface area contributed by atoms with Crippen LogP contribution in [0.4, 0.5) is 14.5 Å². The monoisotopic (exact) mass is 293 g/mol. The van der Waals surface area contributed by atoms with Crippen molar-refractivity contribution in [1.82, 2.24) is 9.78 Å². The summed E-state index contributed by atoms with van der Waals surface area (Å²) in [6.45, 7) is 0. The molecule has 0 amide bonds. The maximum absolute atomic E-state index is 13.6. The zero-order valence-corrected chi connectivity index (χ0v) is 11.2. The first kappa shape index (κ1) is 12.9. The molecule has 0 spiro atoms. The predicted octanol–water partition coefficient (Wildman–Crippen LogP) is 3.75. The van der Waals surface area contributed by atoms with Gasteiger partial charge in [-0.3, -0.25) is 4.68 Å². The first-order valence-electron chi connectivity index (χ1n) is 5.84. The maximum atomic E-state index is 13.6. The minimum atomic E-state index is -0.785. The topological polar surface area (TPSA) is 43.8 Å². The van der Waals surface area contributed by atoms with Gasteiger partial charge in [-0.1, -0.05) is 17.7 Å². The molecule has 0 bridgehead atoms. The number of hydrogen-bond donors (Lipinski definition) is 1. The fourth-order valence-electron chi connectivity index (χ4n) is 2.18. The molecule has 0 atom stereocenters. The van der Waals surface area contributed by atoms with Gasteiger partial charge in [0.25, 0.3) is 0 Å². The molecule has 0 saturated carbocycles. The van der Waals surface area contributed by atoms with Gasteiger partial charge in [0.15, 0.2) is 0 Å². The average molecular weight is 294 g/mol. The summed E-state index contributed by atoms with van der Waals surface area (Å²) < 4.78 is 28.8. The third kappa shape index (κ3) is 1.91. The molecular formula is C14H10ClF2N3. The van der Waals surface area contributed by atoms with Gasteiger partial charge in [0.2, 0.25) is 0 Å². The molecule has 3 rings (SSSR count). The molecule has 0 radical (unpaired) electrons. The Bertz CT molecular complexity index is 804. The zero-order chi connectivity index (χ0) is 14.4. The van der Waals surface area contributed by atoms with Crippen molar-refractivity contribution in [3.63, 3.8) is 0 Å². The maximum Gasteiger partial charge on any atom is 0.149 e. The number of benzene rings is 2. The summed E-state index contributed by atoms with van der Waals surface area (Å²) >= 11 is 6.07. The van der Waals surface area contributed by atoms with Crippen molar-refractivity contribution in [2.45, 2.75) is 0 Å². The second-order valence-electron chi connectivity index (χ2n) is 4.51. The van der Waals surface area contributed by atoms with Crippen LogP contribution in [0.25, 0.3) is 22.0 Å². The number of rotatable bonds is 1. The van der Waals surface area contributed by atoms with E-state index < -0.39 is 17.3 Å². The highest BCUT2D eigenvalue weighted by Gasteiger charge is 2.14. The summed E-state index contributed by atoms with van der Waals surface area (Å²) in [4.78, 5) is 0. The summed E-state index contributed by atoms with van der Waals surface area (Å²) in [5, 5.41) is 5.45. The number of aryl methyl sites for hydroxylation is 1. The summed E-state index contributed by atoms with van der Waals surface area (Å²) in [7, 11) is 1.75. The van der Waals surface area contributed by atoms with Crippen LogP contribution in [0.3, 0.4) is 0 Å². The number of hydrogen-bond acceptors (Lipinski definition) is 2. The van der Waals surface area contributed by atoms with Crippen molar-refractivity contribution in [2.24, 2.45) is 7.05 Å². The van der Waals surface area contributed by atoms with E-state index in [9.17, 15) is 8.78 Å². The molecular weight excluding hydrogens is 284 g/mol. The fourth-order valence-corrected chi connectivity index (χ4v) is 2.38. The Labute approximate surface area is 118 Å². The predicted molar refractivity (Wildman–Crippen MR) is 75.5 cm³/mol. The molecule has 102 valence electrons. The van der Waals surface area contributed by atoms with Crippen molar-refractivity contribution < 1.29 is 8.78 Å². The van der Waals surface area contributed by atoms with Crippen molar-refractivity contribution in [3.8, 4) is 11.1 Å². The summed E-state index contributed by atoms with van der Waals surface area (Å²) in [5.41, 5.74) is 6.43. The molecule has 0 unspecified atom stereocenters. The number of nitrogens with two attached hydrogens (primary N) is 1. The normalized spacial score (nSPS) is 11.2. The summed E-state index contributed by atoms with van der Waals surface area (Å²) in [6.07, 6.45) is 1.75. The van der Waals surface area contributed by atoms with E-state index >= 15 is 0 Å². The van der Waals surface area contributed by atoms with Gasteiger partial charge in [0, 0.05) is 18.6 Å². The van der Waals surface area contributed by atoms with Crippen molar-refractivity contribution in [1.29, 1.82) is 0 Å². The van der Waals surface area contributed by atoms with Gasteiger partial charge < -0.3 is 5.73 Å². The van der Waals surface area contributed by atoms with Gasteiger partial charge in [-0.2, -0.15) is 5.10 Å². The SMILES string of the molecule is Cn1cc2c(-c3cc(F)c(N)c(F)c3)ccc(Cl)c2n1.